The lowest BCUT2D eigenvalue weighted by Gasteiger charge is -2.45. The van der Waals surface area contributed by atoms with Gasteiger partial charge in [-0.15, -0.1) is 0 Å². The van der Waals surface area contributed by atoms with Gasteiger partial charge >= 0.3 is 0 Å². The fourth-order valence-corrected chi connectivity index (χ4v) is 7.05. The number of methoxy groups -OCH3 is 1. The van der Waals surface area contributed by atoms with Gasteiger partial charge in [-0.3, -0.25) is 4.79 Å². The Morgan fingerprint density at radius 3 is 1.93 bits per heavy atom. The molecule has 3 aromatic rings. The second-order valence-corrected chi connectivity index (χ2v) is 14.8. The number of hydrogen-bond donors (Lipinski definition) is 11. The van der Waals surface area contributed by atoms with Crippen LogP contribution in [0.1, 0.15) is 26.3 Å². The van der Waals surface area contributed by atoms with Crippen LogP contribution in [0.4, 0.5) is 0 Å². The molecule has 20 nitrogen and oxygen atoms in total. The summed E-state index contributed by atoms with van der Waals surface area (Å²) in [6, 6.07) is 7.15. The maximum atomic E-state index is 14.8. The molecular formula is C39H50O20. The molecule has 20 heteroatoms. The van der Waals surface area contributed by atoms with E-state index in [9.17, 15) is 61.0 Å². The van der Waals surface area contributed by atoms with Crippen molar-refractivity contribution in [2.24, 2.45) is 0 Å². The van der Waals surface area contributed by atoms with Crippen molar-refractivity contribution in [1.82, 2.24) is 0 Å². The Hall–Kier alpha value is -3.97. The highest BCUT2D eigenvalue weighted by molar-refractivity contribution is 5.91. The van der Waals surface area contributed by atoms with E-state index in [1.807, 2.05) is 0 Å². The Morgan fingerprint density at radius 2 is 1.36 bits per heavy atom. The lowest BCUT2D eigenvalue weighted by molar-refractivity contribution is -0.357. The van der Waals surface area contributed by atoms with E-state index in [1.165, 1.54) is 26.2 Å². The molecule has 0 saturated carbocycles. The summed E-state index contributed by atoms with van der Waals surface area (Å²) in [5.74, 6) is -1.38. The molecule has 0 spiro atoms. The predicted molar refractivity (Wildman–Crippen MR) is 199 cm³/mol. The van der Waals surface area contributed by atoms with Crippen LogP contribution < -0.4 is 19.6 Å². The molecular weight excluding hydrogens is 788 g/mol. The summed E-state index contributed by atoms with van der Waals surface area (Å²) in [4.78, 5) is 14.8. The Bertz CT molecular complexity index is 1990. The topological polar surface area (TPSA) is 317 Å². The lowest BCUT2D eigenvalue weighted by Crippen LogP contribution is -2.64. The molecule has 11 N–H and O–H groups in total. The van der Waals surface area contributed by atoms with E-state index in [0.29, 0.717) is 5.75 Å². The van der Waals surface area contributed by atoms with Crippen molar-refractivity contribution >= 4 is 11.0 Å². The summed E-state index contributed by atoms with van der Waals surface area (Å²) in [6.45, 7) is 3.44. The molecule has 0 unspecified atom stereocenters. The number of hydrogen-bond acceptors (Lipinski definition) is 20. The van der Waals surface area contributed by atoms with Gasteiger partial charge in [-0.1, -0.05) is 11.6 Å². The normalized spacial score (nSPS) is 35.0. The van der Waals surface area contributed by atoms with Gasteiger partial charge in [-0.2, -0.15) is 0 Å². The van der Waals surface area contributed by atoms with Crippen LogP contribution in [0.3, 0.4) is 0 Å². The third-order valence-electron chi connectivity index (χ3n) is 10.5. The Labute approximate surface area is 336 Å². The van der Waals surface area contributed by atoms with E-state index in [0.717, 1.165) is 11.6 Å². The van der Waals surface area contributed by atoms with E-state index >= 15 is 0 Å². The summed E-state index contributed by atoms with van der Waals surface area (Å²) < 4.78 is 46.3. The van der Waals surface area contributed by atoms with Crippen LogP contribution in [-0.2, 0) is 25.4 Å². The largest absolute Gasteiger partial charge is 0.507 e. The van der Waals surface area contributed by atoms with Gasteiger partial charge in [-0.05, 0) is 51.5 Å². The first-order chi connectivity index (χ1) is 28.0. The van der Waals surface area contributed by atoms with Crippen LogP contribution in [0.5, 0.6) is 23.0 Å². The quantitative estimate of drug-likeness (QED) is 0.0870. The molecule has 3 saturated heterocycles. The standard InChI is InChI=1S/C39H50O20/c1-14(2)5-10-18-20(54-38-30(49)28(47)25(44)21(12-40)55-38)11-19(42)23-27(46)35(32(57-33(18)23)16-6-8-17(52-4)9-7-16)58-34-24(43)15(3)53-37(51)36(34)59-39-31(50)29(48)26(45)22(13-41)56-39/h5-9,11,15,21-22,24-26,28-31,34,36-45,47-51H,10,12-13H2,1-4H3/t15-,21+,22+,24-,25+,26+,28-,29-,30+,31+,34+,36+,37+,38+,39-/m0/s1. The van der Waals surface area contributed by atoms with Crippen molar-refractivity contribution in [1.29, 1.82) is 0 Å². The van der Waals surface area contributed by atoms with Crippen LogP contribution in [0.15, 0.2) is 51.2 Å². The third-order valence-corrected chi connectivity index (χ3v) is 10.5. The number of benzene rings is 2. The number of phenols is 1. The zero-order valence-corrected chi connectivity index (χ0v) is 32.3. The SMILES string of the molecule is COc1ccc(-c2oc3c(CC=C(C)C)c(O[C@@H]4O[C@H](CO)[C@@H](O)[C@H](O)[C@H]4O)cc(O)c3c(=O)c2O[C@@H]2[C@@H](O)[C@H](C)O[C@@H](O)[C@@H]2O[C@@H]2O[C@H](CO)[C@@H](O)[C@H](O)[C@H]2O)cc1. The average molecular weight is 839 g/mol. The van der Waals surface area contributed by atoms with Gasteiger partial charge in [0.05, 0.1) is 26.4 Å². The lowest BCUT2D eigenvalue weighted by atomic mass is 9.97. The van der Waals surface area contributed by atoms with Crippen molar-refractivity contribution < 1.29 is 93.7 Å². The summed E-state index contributed by atoms with van der Waals surface area (Å²) in [5, 5.41) is 116. The van der Waals surface area contributed by atoms with Crippen molar-refractivity contribution in [3.05, 3.63) is 57.8 Å². The molecule has 1 aromatic heterocycles. The smallest absolute Gasteiger partial charge is 0.239 e. The highest BCUT2D eigenvalue weighted by atomic mass is 16.7. The molecule has 0 bridgehead atoms. The van der Waals surface area contributed by atoms with Gasteiger partial charge in [0.15, 0.2) is 30.5 Å². The molecule has 326 valence electrons. The van der Waals surface area contributed by atoms with Crippen molar-refractivity contribution in [3.8, 4) is 34.3 Å². The number of phenolic OH excluding ortho intramolecular Hbond substituents is 1. The zero-order chi connectivity index (χ0) is 43.0. The predicted octanol–water partition coefficient (Wildman–Crippen LogP) is -2.11. The van der Waals surface area contributed by atoms with Crippen molar-refractivity contribution in [2.75, 3.05) is 20.3 Å². The zero-order valence-electron chi connectivity index (χ0n) is 32.3. The van der Waals surface area contributed by atoms with E-state index in [2.05, 4.69) is 0 Å². The Balaban J connectivity index is 1.51. The van der Waals surface area contributed by atoms with Crippen LogP contribution in [-0.4, -0.2) is 169 Å². The Morgan fingerprint density at radius 1 is 0.763 bits per heavy atom. The van der Waals surface area contributed by atoms with Crippen molar-refractivity contribution in [2.45, 2.75) is 119 Å². The number of ether oxygens (including phenoxy) is 7. The molecule has 6 rings (SSSR count). The first-order valence-electron chi connectivity index (χ1n) is 18.8. The van der Waals surface area contributed by atoms with Crippen LogP contribution in [0, 0.1) is 0 Å². The maximum absolute atomic E-state index is 14.8. The number of rotatable bonds is 12. The highest BCUT2D eigenvalue weighted by Gasteiger charge is 2.52. The van der Waals surface area contributed by atoms with Gasteiger partial charge in [0.1, 0.15) is 83.2 Å². The second-order valence-electron chi connectivity index (χ2n) is 14.8. The van der Waals surface area contributed by atoms with Gasteiger partial charge in [0, 0.05) is 17.2 Å². The first kappa shape index (κ1) is 44.6. The van der Waals surface area contributed by atoms with E-state index in [1.54, 1.807) is 32.1 Å². The molecule has 2 aromatic carbocycles. The molecule has 3 aliphatic rings. The molecule has 0 radical (unpaired) electrons. The highest BCUT2D eigenvalue weighted by Crippen LogP contribution is 2.42. The fraction of sp³-hybridized carbons (Fsp3) is 0.564. The number of aliphatic hydroxyl groups is 10. The van der Waals surface area contributed by atoms with E-state index in [4.69, 9.17) is 37.6 Å². The van der Waals surface area contributed by atoms with Crippen LogP contribution in [0.25, 0.3) is 22.3 Å². The minimum absolute atomic E-state index is 0.00549. The second kappa shape index (κ2) is 18.3. The summed E-state index contributed by atoms with van der Waals surface area (Å²) in [6.07, 6.45) is -23.7. The van der Waals surface area contributed by atoms with Crippen LogP contribution in [0.2, 0.25) is 0 Å². The summed E-state index contributed by atoms with van der Waals surface area (Å²) in [5.41, 5.74) is -0.0861. The molecule has 3 fully saturated rings. The van der Waals surface area contributed by atoms with E-state index in [-0.39, 0.29) is 34.6 Å². The number of aromatic hydroxyl groups is 1. The van der Waals surface area contributed by atoms with Gasteiger partial charge in [0.25, 0.3) is 0 Å². The van der Waals surface area contributed by atoms with Crippen molar-refractivity contribution in [3.63, 3.8) is 0 Å². The Kier molecular flexibility index (Phi) is 13.9. The summed E-state index contributed by atoms with van der Waals surface area (Å²) >= 11 is 0. The molecule has 15 atom stereocenters. The van der Waals surface area contributed by atoms with E-state index < -0.39 is 128 Å². The maximum Gasteiger partial charge on any atom is 0.239 e. The average Bonchev–Trinajstić information content (AvgIpc) is 3.21. The van der Waals surface area contributed by atoms with Gasteiger partial charge in [0.2, 0.25) is 17.5 Å². The molecule has 0 aliphatic carbocycles. The molecule has 4 heterocycles. The molecule has 3 aliphatic heterocycles. The summed E-state index contributed by atoms with van der Waals surface area (Å²) in [7, 11) is 1.43. The fourth-order valence-electron chi connectivity index (χ4n) is 7.05. The monoisotopic (exact) mass is 838 g/mol. The minimum atomic E-state index is -1.94. The minimum Gasteiger partial charge on any atom is -0.507 e. The number of aliphatic hydroxyl groups excluding tert-OH is 10. The molecule has 0 amide bonds. The first-order valence-corrected chi connectivity index (χ1v) is 18.8. The number of allylic oxidation sites excluding steroid dienone is 2. The van der Waals surface area contributed by atoms with Gasteiger partial charge in [-0.25, -0.2) is 0 Å². The van der Waals surface area contributed by atoms with Crippen LogP contribution >= 0.6 is 0 Å². The van der Waals surface area contributed by atoms with Gasteiger partial charge < -0.3 is 93.7 Å². The molecule has 59 heavy (non-hydrogen) atoms. The number of fused-ring (bicyclic) bond motifs is 1. The third kappa shape index (κ3) is 8.79.